The maximum atomic E-state index is 9.97. The van der Waals surface area contributed by atoms with Gasteiger partial charge in [-0.3, -0.25) is 0 Å². The van der Waals surface area contributed by atoms with E-state index in [4.69, 9.17) is 4.74 Å². The lowest BCUT2D eigenvalue weighted by Crippen LogP contribution is -2.24. The van der Waals surface area contributed by atoms with Crippen LogP contribution in [0.2, 0.25) is 0 Å². The van der Waals surface area contributed by atoms with Gasteiger partial charge in [-0.05, 0) is 19.3 Å². The van der Waals surface area contributed by atoms with E-state index in [1.807, 2.05) is 0 Å². The van der Waals surface area contributed by atoms with Crippen molar-refractivity contribution in [2.24, 2.45) is 0 Å². The highest BCUT2D eigenvalue weighted by Gasteiger charge is 2.23. The van der Waals surface area contributed by atoms with Gasteiger partial charge in [0.25, 0.3) is 0 Å². The Kier molecular flexibility index (Phi) is 11.4. The summed E-state index contributed by atoms with van der Waals surface area (Å²) in [5, 5.41) is 9.97. The van der Waals surface area contributed by atoms with Gasteiger partial charge in [0.1, 0.15) is 0 Å². The van der Waals surface area contributed by atoms with E-state index >= 15 is 0 Å². The van der Waals surface area contributed by atoms with Crippen LogP contribution in [0.25, 0.3) is 0 Å². The van der Waals surface area contributed by atoms with Crippen LogP contribution in [-0.2, 0) is 4.74 Å². The second-order valence-electron chi connectivity index (χ2n) is 6.44. The van der Waals surface area contributed by atoms with Crippen LogP contribution in [0.15, 0.2) is 0 Å². The van der Waals surface area contributed by atoms with Crippen molar-refractivity contribution in [3.8, 4) is 0 Å². The van der Waals surface area contributed by atoms with Crippen LogP contribution in [-0.4, -0.2) is 23.9 Å². The van der Waals surface area contributed by atoms with Gasteiger partial charge in [0.15, 0.2) is 0 Å². The molecule has 1 heterocycles. The topological polar surface area (TPSA) is 29.5 Å². The molecule has 1 aliphatic rings. The summed E-state index contributed by atoms with van der Waals surface area (Å²) in [4.78, 5) is 0. The Labute approximate surface area is 126 Å². The van der Waals surface area contributed by atoms with Crippen molar-refractivity contribution in [2.75, 3.05) is 6.61 Å². The molecule has 0 bridgehead atoms. The summed E-state index contributed by atoms with van der Waals surface area (Å²) in [6.07, 6.45) is 18.1. The maximum absolute atomic E-state index is 9.97. The van der Waals surface area contributed by atoms with Crippen molar-refractivity contribution in [3.05, 3.63) is 0 Å². The first-order valence-electron chi connectivity index (χ1n) is 9.14. The molecule has 1 N–H and O–H groups in total. The third-order valence-corrected chi connectivity index (χ3v) is 4.50. The Morgan fingerprint density at radius 2 is 1.45 bits per heavy atom. The summed E-state index contributed by atoms with van der Waals surface area (Å²) in [6.45, 7) is 3.12. The van der Waals surface area contributed by atoms with E-state index in [2.05, 4.69) is 6.92 Å². The number of aliphatic hydroxyl groups excluding tert-OH is 1. The predicted molar refractivity (Wildman–Crippen MR) is 86.1 cm³/mol. The molecule has 1 rings (SSSR count). The van der Waals surface area contributed by atoms with Gasteiger partial charge in [0, 0.05) is 6.61 Å². The summed E-state index contributed by atoms with van der Waals surface area (Å²) in [7, 11) is 0. The molecule has 20 heavy (non-hydrogen) atoms. The van der Waals surface area contributed by atoms with E-state index in [-0.39, 0.29) is 12.2 Å². The van der Waals surface area contributed by atoms with E-state index < -0.39 is 0 Å². The molecule has 2 atom stereocenters. The van der Waals surface area contributed by atoms with Crippen LogP contribution in [0, 0.1) is 0 Å². The third-order valence-electron chi connectivity index (χ3n) is 4.50. The average molecular weight is 284 g/mol. The summed E-state index contributed by atoms with van der Waals surface area (Å²) < 4.78 is 5.52. The fourth-order valence-electron chi connectivity index (χ4n) is 3.11. The van der Waals surface area contributed by atoms with E-state index in [1.54, 1.807) is 0 Å². The monoisotopic (exact) mass is 284 g/mol. The van der Waals surface area contributed by atoms with E-state index in [0.29, 0.717) is 0 Å². The minimum Gasteiger partial charge on any atom is -0.390 e. The Hall–Kier alpha value is -0.0800. The average Bonchev–Trinajstić information content (AvgIpc) is 2.99. The first kappa shape index (κ1) is 18.0. The van der Waals surface area contributed by atoms with Gasteiger partial charge >= 0.3 is 0 Å². The third kappa shape index (κ3) is 8.97. The number of aliphatic hydroxyl groups is 1. The predicted octanol–water partition coefficient (Wildman–Crippen LogP) is 5.23. The molecule has 1 aliphatic heterocycles. The number of hydrogen-bond acceptors (Lipinski definition) is 2. The van der Waals surface area contributed by atoms with Crippen molar-refractivity contribution in [2.45, 2.75) is 109 Å². The number of hydrogen-bond donors (Lipinski definition) is 1. The van der Waals surface area contributed by atoms with Gasteiger partial charge < -0.3 is 9.84 Å². The van der Waals surface area contributed by atoms with Gasteiger partial charge in [-0.2, -0.15) is 0 Å². The number of rotatable bonds is 13. The van der Waals surface area contributed by atoms with Crippen LogP contribution in [0.1, 0.15) is 96.8 Å². The molecule has 0 aromatic carbocycles. The smallest absolute Gasteiger partial charge is 0.0834 e. The standard InChI is InChI=1S/C18H36O2/c1-2-3-4-5-6-7-8-9-10-11-12-14-17(19)18-15-13-16-20-18/h17-19H,2-16H2,1H3. The molecule has 0 spiro atoms. The molecule has 0 saturated carbocycles. The lowest BCUT2D eigenvalue weighted by molar-refractivity contribution is -0.00636. The molecule has 0 aromatic heterocycles. The minimum absolute atomic E-state index is 0.137. The zero-order chi connectivity index (χ0) is 14.5. The molecule has 0 radical (unpaired) electrons. The van der Waals surface area contributed by atoms with Crippen LogP contribution >= 0.6 is 0 Å². The highest BCUT2D eigenvalue weighted by Crippen LogP contribution is 2.20. The Morgan fingerprint density at radius 3 is 1.95 bits per heavy atom. The van der Waals surface area contributed by atoms with Gasteiger partial charge in [-0.1, -0.05) is 77.6 Å². The van der Waals surface area contributed by atoms with Crippen molar-refractivity contribution < 1.29 is 9.84 Å². The fraction of sp³-hybridized carbons (Fsp3) is 1.00. The molecule has 2 unspecified atom stereocenters. The van der Waals surface area contributed by atoms with E-state index in [9.17, 15) is 5.11 Å². The molecule has 120 valence electrons. The molecule has 0 aromatic rings. The van der Waals surface area contributed by atoms with Crippen LogP contribution in [0.5, 0.6) is 0 Å². The maximum Gasteiger partial charge on any atom is 0.0834 e. The van der Waals surface area contributed by atoms with Crippen molar-refractivity contribution in [1.82, 2.24) is 0 Å². The summed E-state index contributed by atoms with van der Waals surface area (Å²) in [6, 6.07) is 0. The zero-order valence-corrected chi connectivity index (χ0v) is 13.6. The summed E-state index contributed by atoms with van der Waals surface area (Å²) >= 11 is 0. The van der Waals surface area contributed by atoms with Gasteiger partial charge in [0.05, 0.1) is 12.2 Å². The van der Waals surface area contributed by atoms with E-state index in [1.165, 1.54) is 64.2 Å². The highest BCUT2D eigenvalue weighted by molar-refractivity contribution is 4.73. The zero-order valence-electron chi connectivity index (χ0n) is 13.6. The first-order valence-corrected chi connectivity index (χ1v) is 9.14. The molecule has 0 amide bonds. The molecule has 0 aliphatic carbocycles. The molecule has 1 saturated heterocycles. The minimum atomic E-state index is -0.212. The highest BCUT2D eigenvalue weighted by atomic mass is 16.5. The molecule has 1 fully saturated rings. The lowest BCUT2D eigenvalue weighted by Gasteiger charge is -2.16. The SMILES string of the molecule is CCCCCCCCCCCCCC(O)C1CCCO1. The molecule has 2 nitrogen and oxygen atoms in total. The first-order chi connectivity index (χ1) is 9.84. The molecular weight excluding hydrogens is 248 g/mol. The van der Waals surface area contributed by atoms with Gasteiger partial charge in [-0.15, -0.1) is 0 Å². The van der Waals surface area contributed by atoms with Crippen molar-refractivity contribution in [1.29, 1.82) is 0 Å². The molecular formula is C18H36O2. The Balaban J connectivity index is 1.76. The second kappa shape index (κ2) is 12.6. The fourth-order valence-corrected chi connectivity index (χ4v) is 3.11. The second-order valence-corrected chi connectivity index (χ2v) is 6.44. The van der Waals surface area contributed by atoms with Crippen LogP contribution in [0.4, 0.5) is 0 Å². The Bertz CT molecular complexity index is 200. The largest absolute Gasteiger partial charge is 0.390 e. The number of ether oxygens (including phenoxy) is 1. The van der Waals surface area contributed by atoms with Crippen LogP contribution < -0.4 is 0 Å². The Morgan fingerprint density at radius 1 is 0.900 bits per heavy atom. The van der Waals surface area contributed by atoms with E-state index in [0.717, 1.165) is 32.3 Å². The van der Waals surface area contributed by atoms with Crippen molar-refractivity contribution in [3.63, 3.8) is 0 Å². The van der Waals surface area contributed by atoms with Crippen LogP contribution in [0.3, 0.4) is 0 Å². The summed E-state index contributed by atoms with van der Waals surface area (Å²) in [5.41, 5.74) is 0. The quantitative estimate of drug-likeness (QED) is 0.469. The summed E-state index contributed by atoms with van der Waals surface area (Å²) in [5.74, 6) is 0. The normalized spacial score (nSPS) is 20.4. The van der Waals surface area contributed by atoms with Gasteiger partial charge in [-0.25, -0.2) is 0 Å². The van der Waals surface area contributed by atoms with Gasteiger partial charge in [0.2, 0.25) is 0 Å². The van der Waals surface area contributed by atoms with Crippen molar-refractivity contribution >= 4 is 0 Å². The molecule has 2 heteroatoms. The lowest BCUT2D eigenvalue weighted by atomic mass is 10.0. The number of unbranched alkanes of at least 4 members (excludes halogenated alkanes) is 10.